The summed E-state index contributed by atoms with van der Waals surface area (Å²) < 4.78 is 1.80. The average molecular weight is 338 g/mol. The minimum absolute atomic E-state index is 0.199. The lowest BCUT2D eigenvalue weighted by Gasteiger charge is -2.36. The molecule has 1 amide bonds. The monoisotopic (exact) mass is 338 g/mol. The molecular weight excluding hydrogens is 312 g/mol. The molecule has 0 aliphatic carbocycles. The number of piperidine rings is 1. The molecule has 3 fully saturated rings. The second kappa shape index (κ2) is 7.00. The van der Waals surface area contributed by atoms with Crippen molar-refractivity contribution in [3.63, 3.8) is 0 Å². The first-order valence-corrected chi connectivity index (χ1v) is 9.23. The molecule has 3 aliphatic heterocycles. The number of rotatable bonds is 4. The molecule has 2 unspecified atom stereocenters. The quantitative estimate of drug-likeness (QED) is 0.859. The molecule has 25 heavy (non-hydrogen) atoms. The van der Waals surface area contributed by atoms with Gasteiger partial charge in [-0.25, -0.2) is 0 Å². The molecule has 0 N–H and O–H groups in total. The van der Waals surface area contributed by atoms with Gasteiger partial charge in [0.1, 0.15) is 6.54 Å². The Morgan fingerprint density at radius 2 is 1.96 bits per heavy atom. The van der Waals surface area contributed by atoms with Crippen molar-refractivity contribution in [2.75, 3.05) is 19.6 Å². The van der Waals surface area contributed by atoms with Crippen LogP contribution in [0.5, 0.6) is 0 Å². The molecule has 2 bridgehead atoms. The minimum Gasteiger partial charge on any atom is -0.339 e. The number of carbonyl (C=O) groups is 1. The first-order chi connectivity index (χ1) is 12.2. The third-order valence-corrected chi connectivity index (χ3v) is 5.62. The van der Waals surface area contributed by atoms with Crippen LogP contribution in [0.4, 0.5) is 0 Å². The highest BCUT2D eigenvalue weighted by Crippen LogP contribution is 2.29. The molecule has 3 aliphatic rings. The van der Waals surface area contributed by atoms with Gasteiger partial charge in [0.25, 0.3) is 0 Å². The van der Waals surface area contributed by atoms with Gasteiger partial charge in [0.05, 0.1) is 0 Å². The summed E-state index contributed by atoms with van der Waals surface area (Å²) in [6, 6.07) is 13.1. The van der Waals surface area contributed by atoms with Crippen molar-refractivity contribution >= 4 is 5.91 Å². The van der Waals surface area contributed by atoms with E-state index in [4.69, 9.17) is 0 Å². The van der Waals surface area contributed by atoms with Crippen LogP contribution in [0.2, 0.25) is 0 Å². The molecule has 0 spiro atoms. The van der Waals surface area contributed by atoms with Crippen LogP contribution in [0.25, 0.3) is 0 Å². The Hall–Kier alpha value is -2.14. The van der Waals surface area contributed by atoms with Crippen LogP contribution >= 0.6 is 0 Å². The fourth-order valence-corrected chi connectivity index (χ4v) is 4.19. The molecule has 2 atom stereocenters. The Bertz CT molecular complexity index is 726. The van der Waals surface area contributed by atoms with Crippen LogP contribution in [-0.4, -0.2) is 51.2 Å². The summed E-state index contributed by atoms with van der Waals surface area (Å²) in [6.07, 6.45) is 4.19. The van der Waals surface area contributed by atoms with Crippen LogP contribution < -0.4 is 0 Å². The van der Waals surface area contributed by atoms with Gasteiger partial charge in [0.15, 0.2) is 0 Å². The summed E-state index contributed by atoms with van der Waals surface area (Å²) in [6.45, 7) is 6.18. The molecule has 5 heteroatoms. The molecule has 5 rings (SSSR count). The van der Waals surface area contributed by atoms with E-state index in [2.05, 4.69) is 45.2 Å². The highest BCUT2D eigenvalue weighted by atomic mass is 16.2. The second-order valence-electron chi connectivity index (χ2n) is 7.44. The number of benzene rings is 1. The number of hydrogen-bond acceptors (Lipinski definition) is 3. The van der Waals surface area contributed by atoms with E-state index in [9.17, 15) is 4.79 Å². The SMILES string of the molecule is Cc1ccnn1CC(=O)N1CC2CCC(C1)N(Cc1ccccc1)C2. The van der Waals surface area contributed by atoms with Crippen molar-refractivity contribution in [2.45, 2.75) is 38.9 Å². The fourth-order valence-electron chi connectivity index (χ4n) is 4.19. The lowest BCUT2D eigenvalue weighted by molar-refractivity contribution is -0.132. The first-order valence-electron chi connectivity index (χ1n) is 9.23. The molecule has 0 radical (unpaired) electrons. The standard InChI is InChI=1S/C20H26N4O/c1-16-9-10-21-24(16)15-20(25)23-13-18-7-8-19(14-23)22(12-18)11-17-5-3-2-4-6-17/h2-6,9-10,18-19H,7-8,11-15H2,1H3. The van der Waals surface area contributed by atoms with Crippen molar-refractivity contribution in [3.05, 3.63) is 53.9 Å². The second-order valence-corrected chi connectivity index (χ2v) is 7.44. The Labute approximate surface area is 149 Å². The third-order valence-electron chi connectivity index (χ3n) is 5.62. The zero-order valence-corrected chi connectivity index (χ0v) is 14.8. The molecular formula is C20H26N4O. The van der Waals surface area contributed by atoms with Crippen LogP contribution in [0.1, 0.15) is 24.1 Å². The maximum Gasteiger partial charge on any atom is 0.244 e. The molecule has 0 saturated carbocycles. The summed E-state index contributed by atoms with van der Waals surface area (Å²) in [5.74, 6) is 0.787. The Morgan fingerprint density at radius 1 is 1.12 bits per heavy atom. The number of carbonyl (C=O) groups excluding carboxylic acids is 1. The van der Waals surface area contributed by atoms with E-state index in [1.807, 2.05) is 13.0 Å². The smallest absolute Gasteiger partial charge is 0.244 e. The van der Waals surface area contributed by atoms with Gasteiger partial charge in [0, 0.05) is 44.1 Å². The summed E-state index contributed by atoms with van der Waals surface area (Å²) in [4.78, 5) is 17.5. The molecule has 3 saturated heterocycles. The van der Waals surface area contributed by atoms with Gasteiger partial charge < -0.3 is 4.90 Å². The summed E-state index contributed by atoms with van der Waals surface area (Å²) in [5.41, 5.74) is 2.40. The predicted octanol–water partition coefficient (Wildman–Crippen LogP) is 2.31. The predicted molar refractivity (Wildman–Crippen MR) is 96.9 cm³/mol. The van der Waals surface area contributed by atoms with E-state index in [1.165, 1.54) is 18.4 Å². The van der Waals surface area contributed by atoms with E-state index >= 15 is 0 Å². The number of nitrogens with zero attached hydrogens (tertiary/aromatic N) is 4. The largest absolute Gasteiger partial charge is 0.339 e. The van der Waals surface area contributed by atoms with E-state index in [0.29, 0.717) is 18.5 Å². The average Bonchev–Trinajstić information content (AvgIpc) is 2.83. The maximum absolute atomic E-state index is 12.8. The Balaban J connectivity index is 1.44. The normalized spacial score (nSPS) is 23.6. The fraction of sp³-hybridized carbons (Fsp3) is 0.500. The van der Waals surface area contributed by atoms with E-state index < -0.39 is 0 Å². The molecule has 1 aromatic carbocycles. The van der Waals surface area contributed by atoms with Gasteiger partial charge in [-0.15, -0.1) is 0 Å². The number of aryl methyl sites for hydroxylation is 1. The summed E-state index contributed by atoms with van der Waals surface area (Å²) >= 11 is 0. The van der Waals surface area contributed by atoms with Gasteiger partial charge in [-0.3, -0.25) is 14.4 Å². The van der Waals surface area contributed by atoms with E-state index in [0.717, 1.165) is 31.9 Å². The zero-order chi connectivity index (χ0) is 17.2. The molecule has 4 heterocycles. The number of fused-ring (bicyclic) bond motifs is 4. The van der Waals surface area contributed by atoms with Crippen molar-refractivity contribution in [3.8, 4) is 0 Å². The van der Waals surface area contributed by atoms with Crippen molar-refractivity contribution in [1.82, 2.24) is 19.6 Å². The molecule has 1 aromatic heterocycles. The molecule has 2 aromatic rings. The van der Waals surface area contributed by atoms with Crippen LogP contribution in [0, 0.1) is 12.8 Å². The van der Waals surface area contributed by atoms with Gasteiger partial charge in [-0.1, -0.05) is 30.3 Å². The zero-order valence-electron chi connectivity index (χ0n) is 14.8. The lowest BCUT2D eigenvalue weighted by atomic mass is 9.94. The van der Waals surface area contributed by atoms with Gasteiger partial charge in [-0.05, 0) is 37.3 Å². The van der Waals surface area contributed by atoms with Gasteiger partial charge >= 0.3 is 0 Å². The highest BCUT2D eigenvalue weighted by Gasteiger charge is 2.36. The van der Waals surface area contributed by atoms with Crippen molar-refractivity contribution in [2.24, 2.45) is 5.92 Å². The van der Waals surface area contributed by atoms with E-state index in [1.54, 1.807) is 10.9 Å². The Morgan fingerprint density at radius 3 is 2.72 bits per heavy atom. The first kappa shape index (κ1) is 16.3. The van der Waals surface area contributed by atoms with Gasteiger partial charge in [-0.2, -0.15) is 5.10 Å². The number of aromatic nitrogens is 2. The van der Waals surface area contributed by atoms with E-state index in [-0.39, 0.29) is 5.91 Å². The highest BCUT2D eigenvalue weighted by molar-refractivity contribution is 5.76. The minimum atomic E-state index is 0.199. The van der Waals surface area contributed by atoms with Crippen molar-refractivity contribution in [1.29, 1.82) is 0 Å². The molecule has 132 valence electrons. The number of amides is 1. The van der Waals surface area contributed by atoms with Crippen LogP contribution in [-0.2, 0) is 17.9 Å². The van der Waals surface area contributed by atoms with Crippen LogP contribution in [0.15, 0.2) is 42.6 Å². The van der Waals surface area contributed by atoms with Gasteiger partial charge in [0.2, 0.25) is 5.91 Å². The summed E-state index contributed by atoms with van der Waals surface area (Å²) in [5, 5.41) is 4.26. The number of hydrogen-bond donors (Lipinski definition) is 0. The molecule has 5 nitrogen and oxygen atoms in total. The van der Waals surface area contributed by atoms with Crippen molar-refractivity contribution < 1.29 is 4.79 Å². The third kappa shape index (κ3) is 3.61. The lowest BCUT2D eigenvalue weighted by Crippen LogP contribution is -2.44. The maximum atomic E-state index is 12.8. The van der Waals surface area contributed by atoms with Crippen LogP contribution in [0.3, 0.4) is 0 Å². The Kier molecular flexibility index (Phi) is 4.57. The summed E-state index contributed by atoms with van der Waals surface area (Å²) in [7, 11) is 0. The topological polar surface area (TPSA) is 41.4 Å².